The Hall–Kier alpha value is -1.87. The van der Waals surface area contributed by atoms with E-state index in [0.717, 1.165) is 17.7 Å². The fourth-order valence-corrected chi connectivity index (χ4v) is 2.50. The molecule has 0 aliphatic heterocycles. The Kier molecular flexibility index (Phi) is 8.35. The predicted molar refractivity (Wildman–Crippen MR) is 100 cm³/mol. The first-order valence-corrected chi connectivity index (χ1v) is 8.10. The summed E-state index contributed by atoms with van der Waals surface area (Å²) in [7, 11) is 0. The standard InChI is InChI=1S/C19H25N3.ClH/c1-2-3-4-5-6-7-15-8-10-16(11-9-15)18-13-12-17(14-22-18)19(20)21;/h8-14H,2-7H2,1H3,(H3,20,21);1H. The van der Waals surface area contributed by atoms with Gasteiger partial charge in [0, 0.05) is 17.3 Å². The van der Waals surface area contributed by atoms with Crippen LogP contribution >= 0.6 is 12.4 Å². The summed E-state index contributed by atoms with van der Waals surface area (Å²) in [5.74, 6) is 0.0532. The molecule has 0 saturated carbocycles. The first kappa shape index (κ1) is 19.2. The molecule has 0 atom stereocenters. The highest BCUT2D eigenvalue weighted by atomic mass is 35.5. The first-order valence-electron chi connectivity index (χ1n) is 8.10. The molecule has 4 heteroatoms. The maximum atomic E-state index is 7.38. The van der Waals surface area contributed by atoms with Crippen molar-refractivity contribution in [3.8, 4) is 11.3 Å². The Morgan fingerprint density at radius 1 is 1.00 bits per heavy atom. The molecule has 0 fully saturated rings. The van der Waals surface area contributed by atoms with Crippen molar-refractivity contribution in [2.24, 2.45) is 5.73 Å². The summed E-state index contributed by atoms with van der Waals surface area (Å²) in [5, 5.41) is 7.38. The number of aromatic nitrogens is 1. The summed E-state index contributed by atoms with van der Waals surface area (Å²) in [6, 6.07) is 12.4. The van der Waals surface area contributed by atoms with Gasteiger partial charge >= 0.3 is 0 Å². The van der Waals surface area contributed by atoms with Crippen LogP contribution in [-0.4, -0.2) is 10.8 Å². The SMILES string of the molecule is CCCCCCCc1ccc(-c2ccc(C(=N)N)cn2)cc1.Cl. The van der Waals surface area contributed by atoms with Gasteiger partial charge in [0.05, 0.1) is 5.69 Å². The minimum absolute atomic E-state index is 0. The van der Waals surface area contributed by atoms with Crippen LogP contribution < -0.4 is 5.73 Å². The van der Waals surface area contributed by atoms with Crippen LogP contribution in [0, 0.1) is 5.41 Å². The summed E-state index contributed by atoms with van der Waals surface area (Å²) in [6.07, 6.45) is 9.39. The van der Waals surface area contributed by atoms with Crippen molar-refractivity contribution in [1.82, 2.24) is 4.98 Å². The van der Waals surface area contributed by atoms with Gasteiger partial charge in [-0.15, -0.1) is 12.4 Å². The quantitative estimate of drug-likeness (QED) is 0.407. The van der Waals surface area contributed by atoms with Gasteiger partial charge in [0.1, 0.15) is 5.84 Å². The largest absolute Gasteiger partial charge is 0.384 e. The van der Waals surface area contributed by atoms with Gasteiger partial charge in [-0.3, -0.25) is 10.4 Å². The average Bonchev–Trinajstić information content (AvgIpc) is 2.55. The van der Waals surface area contributed by atoms with Crippen LogP contribution in [0.2, 0.25) is 0 Å². The molecule has 0 radical (unpaired) electrons. The van der Waals surface area contributed by atoms with E-state index in [1.165, 1.54) is 37.7 Å². The van der Waals surface area contributed by atoms with Gasteiger partial charge in [-0.05, 0) is 30.5 Å². The number of halogens is 1. The van der Waals surface area contributed by atoms with Gasteiger partial charge in [-0.1, -0.05) is 56.9 Å². The van der Waals surface area contributed by atoms with Gasteiger partial charge in [-0.2, -0.15) is 0 Å². The van der Waals surface area contributed by atoms with Crippen LogP contribution in [0.4, 0.5) is 0 Å². The second kappa shape index (κ2) is 10.0. The number of aryl methyl sites for hydroxylation is 1. The zero-order chi connectivity index (χ0) is 15.8. The number of amidine groups is 1. The third-order valence-corrected chi connectivity index (χ3v) is 3.89. The highest BCUT2D eigenvalue weighted by Crippen LogP contribution is 2.19. The van der Waals surface area contributed by atoms with Crippen LogP contribution in [0.1, 0.15) is 50.2 Å². The number of hydrogen-bond acceptors (Lipinski definition) is 2. The summed E-state index contributed by atoms with van der Waals surface area (Å²) in [4.78, 5) is 4.37. The topological polar surface area (TPSA) is 62.8 Å². The smallest absolute Gasteiger partial charge is 0.124 e. The van der Waals surface area contributed by atoms with Crippen molar-refractivity contribution in [3.63, 3.8) is 0 Å². The normalized spacial score (nSPS) is 10.1. The molecule has 1 aromatic heterocycles. The third kappa shape index (κ3) is 6.03. The first-order chi connectivity index (χ1) is 10.7. The number of benzene rings is 1. The van der Waals surface area contributed by atoms with E-state index >= 15 is 0 Å². The molecule has 0 amide bonds. The van der Waals surface area contributed by atoms with Crippen molar-refractivity contribution < 1.29 is 0 Å². The van der Waals surface area contributed by atoms with Crippen molar-refractivity contribution in [3.05, 3.63) is 53.7 Å². The lowest BCUT2D eigenvalue weighted by atomic mass is 10.0. The van der Waals surface area contributed by atoms with Crippen molar-refractivity contribution >= 4 is 18.2 Å². The van der Waals surface area contributed by atoms with Crippen LogP contribution in [0.25, 0.3) is 11.3 Å². The van der Waals surface area contributed by atoms with Crippen LogP contribution in [0.3, 0.4) is 0 Å². The summed E-state index contributed by atoms with van der Waals surface area (Å²) < 4.78 is 0. The average molecular weight is 332 g/mol. The highest BCUT2D eigenvalue weighted by Gasteiger charge is 2.02. The maximum absolute atomic E-state index is 7.38. The van der Waals surface area contributed by atoms with Gasteiger partial charge in [0.25, 0.3) is 0 Å². The second-order valence-electron chi connectivity index (χ2n) is 5.71. The van der Waals surface area contributed by atoms with Crippen molar-refractivity contribution in [2.75, 3.05) is 0 Å². The monoisotopic (exact) mass is 331 g/mol. The van der Waals surface area contributed by atoms with E-state index < -0.39 is 0 Å². The predicted octanol–water partition coefficient (Wildman–Crippen LogP) is 4.97. The molecule has 2 rings (SSSR count). The molecule has 2 aromatic rings. The van der Waals surface area contributed by atoms with E-state index in [-0.39, 0.29) is 18.2 Å². The highest BCUT2D eigenvalue weighted by molar-refractivity contribution is 5.94. The van der Waals surface area contributed by atoms with Gasteiger partial charge in [0.2, 0.25) is 0 Å². The molecule has 0 unspecified atom stereocenters. The number of nitrogens with one attached hydrogen (secondary N) is 1. The Morgan fingerprint density at radius 3 is 2.26 bits per heavy atom. The van der Waals surface area contributed by atoms with E-state index in [4.69, 9.17) is 11.1 Å². The number of unbranched alkanes of at least 4 members (excludes halogenated alkanes) is 4. The molecule has 0 aliphatic rings. The molecular weight excluding hydrogens is 306 g/mol. The fourth-order valence-electron chi connectivity index (χ4n) is 2.50. The lowest BCUT2D eigenvalue weighted by Gasteiger charge is -2.05. The molecule has 23 heavy (non-hydrogen) atoms. The minimum Gasteiger partial charge on any atom is -0.384 e. The second-order valence-corrected chi connectivity index (χ2v) is 5.71. The van der Waals surface area contributed by atoms with E-state index in [2.05, 4.69) is 36.2 Å². The number of nitrogens with zero attached hydrogens (tertiary/aromatic N) is 1. The molecule has 3 nitrogen and oxygen atoms in total. The number of rotatable bonds is 8. The molecule has 0 saturated heterocycles. The molecule has 3 N–H and O–H groups in total. The van der Waals surface area contributed by atoms with E-state index in [1.807, 2.05) is 12.1 Å². The zero-order valence-corrected chi connectivity index (χ0v) is 14.5. The van der Waals surface area contributed by atoms with Crippen LogP contribution in [0.15, 0.2) is 42.6 Å². The number of hydrogen-bond donors (Lipinski definition) is 2. The summed E-state index contributed by atoms with van der Waals surface area (Å²) in [6.45, 7) is 2.25. The lowest BCUT2D eigenvalue weighted by Crippen LogP contribution is -2.11. The van der Waals surface area contributed by atoms with E-state index in [1.54, 1.807) is 6.20 Å². The zero-order valence-electron chi connectivity index (χ0n) is 13.7. The third-order valence-electron chi connectivity index (χ3n) is 3.89. The molecule has 0 spiro atoms. The van der Waals surface area contributed by atoms with Crippen molar-refractivity contribution in [2.45, 2.75) is 45.4 Å². The summed E-state index contributed by atoms with van der Waals surface area (Å²) in [5.41, 5.74) is 9.51. The molecular formula is C19H26ClN3. The van der Waals surface area contributed by atoms with Crippen molar-refractivity contribution in [1.29, 1.82) is 5.41 Å². The molecule has 1 aromatic carbocycles. The summed E-state index contributed by atoms with van der Waals surface area (Å²) >= 11 is 0. The maximum Gasteiger partial charge on any atom is 0.124 e. The Bertz CT molecular complexity index is 591. The minimum atomic E-state index is 0. The van der Waals surface area contributed by atoms with Gasteiger partial charge in [-0.25, -0.2) is 0 Å². The van der Waals surface area contributed by atoms with Gasteiger partial charge in [0.15, 0.2) is 0 Å². The Balaban J connectivity index is 0.00000264. The Labute approximate surface area is 145 Å². The Morgan fingerprint density at radius 2 is 1.70 bits per heavy atom. The molecule has 0 bridgehead atoms. The van der Waals surface area contributed by atoms with E-state index in [9.17, 15) is 0 Å². The lowest BCUT2D eigenvalue weighted by molar-refractivity contribution is 0.632. The van der Waals surface area contributed by atoms with Crippen LogP contribution in [0.5, 0.6) is 0 Å². The molecule has 0 aliphatic carbocycles. The molecule has 124 valence electrons. The number of nitrogen functional groups attached to an aromatic ring is 1. The fraction of sp³-hybridized carbons (Fsp3) is 0.368. The molecule has 1 heterocycles. The van der Waals surface area contributed by atoms with Crippen LogP contribution in [-0.2, 0) is 6.42 Å². The van der Waals surface area contributed by atoms with E-state index in [0.29, 0.717) is 5.56 Å². The van der Waals surface area contributed by atoms with Gasteiger partial charge < -0.3 is 5.73 Å². The number of pyridine rings is 1. The number of nitrogens with two attached hydrogens (primary N) is 1.